The van der Waals surface area contributed by atoms with Gasteiger partial charge in [0.1, 0.15) is 29.3 Å². The summed E-state index contributed by atoms with van der Waals surface area (Å²) in [5.74, 6) is 0.734. The lowest BCUT2D eigenvalue weighted by Crippen LogP contribution is -2.19. The third-order valence-electron chi connectivity index (χ3n) is 6.44. The minimum absolute atomic E-state index is 0.114. The van der Waals surface area contributed by atoms with Crippen LogP contribution in [0.5, 0.6) is 5.75 Å². The van der Waals surface area contributed by atoms with Gasteiger partial charge in [0.25, 0.3) is 0 Å². The van der Waals surface area contributed by atoms with Gasteiger partial charge in [-0.15, -0.1) is 0 Å². The molecule has 0 amide bonds. The van der Waals surface area contributed by atoms with Crippen LogP contribution in [0.1, 0.15) is 66.7 Å². The van der Waals surface area contributed by atoms with E-state index < -0.39 is 0 Å². The highest BCUT2D eigenvalue weighted by Crippen LogP contribution is 2.36. The molecule has 1 saturated heterocycles. The van der Waals surface area contributed by atoms with Crippen LogP contribution in [0.2, 0.25) is 0 Å². The van der Waals surface area contributed by atoms with Crippen molar-refractivity contribution in [3.8, 4) is 23.1 Å². The summed E-state index contributed by atoms with van der Waals surface area (Å²) in [7, 11) is 0. The number of fused-ring (bicyclic) bond motifs is 1. The third kappa shape index (κ3) is 4.47. The van der Waals surface area contributed by atoms with Gasteiger partial charge >= 0.3 is 0 Å². The lowest BCUT2D eigenvalue weighted by atomic mass is 10.0. The van der Waals surface area contributed by atoms with Crippen LogP contribution in [-0.4, -0.2) is 31.6 Å². The molecule has 0 N–H and O–H groups in total. The zero-order valence-corrected chi connectivity index (χ0v) is 20.4. The number of aryl methyl sites for hydroxylation is 3. The molecule has 178 valence electrons. The molecule has 8 heteroatoms. The predicted octanol–water partition coefficient (Wildman–Crippen LogP) is 5.52. The van der Waals surface area contributed by atoms with Crippen molar-refractivity contribution in [2.24, 2.45) is 0 Å². The molecule has 2 atom stereocenters. The first-order chi connectivity index (χ1) is 16.9. The van der Waals surface area contributed by atoms with Crippen molar-refractivity contribution in [3.63, 3.8) is 0 Å². The van der Waals surface area contributed by atoms with Crippen molar-refractivity contribution >= 4 is 10.9 Å². The first kappa shape index (κ1) is 22.9. The maximum Gasteiger partial charge on any atom is 0.150 e. The van der Waals surface area contributed by atoms with E-state index in [2.05, 4.69) is 21.3 Å². The Bertz CT molecular complexity index is 1410. The highest BCUT2D eigenvalue weighted by molar-refractivity contribution is 5.94. The Morgan fingerprint density at radius 2 is 2.03 bits per heavy atom. The molecular formula is C27H28N6O2. The fourth-order valence-electron chi connectivity index (χ4n) is 4.89. The third-order valence-corrected chi connectivity index (χ3v) is 6.44. The van der Waals surface area contributed by atoms with Crippen molar-refractivity contribution in [2.75, 3.05) is 6.61 Å². The monoisotopic (exact) mass is 468 g/mol. The summed E-state index contributed by atoms with van der Waals surface area (Å²) in [4.78, 5) is 4.31. The van der Waals surface area contributed by atoms with E-state index in [0.717, 1.165) is 76.3 Å². The molecular weight excluding hydrogens is 440 g/mol. The number of ether oxygens (including phenoxy) is 2. The summed E-state index contributed by atoms with van der Waals surface area (Å²) in [5, 5.41) is 23.6. The largest absolute Gasteiger partial charge is 0.486 e. The molecule has 4 heterocycles. The standard InChI is InChI=1S/C27H28N6O2/c1-16-15-29-31-18(3)26(16)19(4)35-22-8-9-24-23(13-22)27(20-11-17(2)30-21(12-20)14-28)32-33(24)25-7-5-6-10-34-25/h8-9,11-13,15,19,25H,5-7,10H2,1-4H3/t19-,25?/m1/s1. The Labute approximate surface area is 204 Å². The van der Waals surface area contributed by atoms with E-state index in [0.29, 0.717) is 5.69 Å². The second-order valence-corrected chi connectivity index (χ2v) is 9.07. The number of nitriles is 1. The van der Waals surface area contributed by atoms with E-state index in [1.807, 2.05) is 56.6 Å². The Balaban J connectivity index is 1.61. The van der Waals surface area contributed by atoms with Crippen LogP contribution in [0.4, 0.5) is 0 Å². The number of hydrogen-bond acceptors (Lipinski definition) is 7. The summed E-state index contributed by atoms with van der Waals surface area (Å²) in [5.41, 5.74) is 6.69. The Hall–Kier alpha value is -3.83. The topological polar surface area (TPSA) is 98.7 Å². The Kier molecular flexibility index (Phi) is 6.18. The van der Waals surface area contributed by atoms with E-state index in [-0.39, 0.29) is 12.3 Å². The second-order valence-electron chi connectivity index (χ2n) is 9.07. The fourth-order valence-corrected chi connectivity index (χ4v) is 4.89. The van der Waals surface area contributed by atoms with E-state index in [4.69, 9.17) is 14.6 Å². The van der Waals surface area contributed by atoms with Crippen molar-refractivity contribution in [1.29, 1.82) is 5.26 Å². The van der Waals surface area contributed by atoms with Gasteiger partial charge in [0, 0.05) is 28.8 Å². The molecule has 1 unspecified atom stereocenters. The molecule has 0 bridgehead atoms. The number of hydrogen-bond donors (Lipinski definition) is 0. The molecule has 1 aliphatic rings. The van der Waals surface area contributed by atoms with Crippen molar-refractivity contribution in [3.05, 3.63) is 64.7 Å². The molecule has 1 aromatic carbocycles. The number of aromatic nitrogens is 5. The normalized spacial score (nSPS) is 16.7. The minimum atomic E-state index is -0.198. The van der Waals surface area contributed by atoms with Gasteiger partial charge in [-0.2, -0.15) is 20.6 Å². The molecule has 8 nitrogen and oxygen atoms in total. The number of rotatable bonds is 5. The molecule has 35 heavy (non-hydrogen) atoms. The van der Waals surface area contributed by atoms with Gasteiger partial charge in [-0.1, -0.05) is 0 Å². The van der Waals surface area contributed by atoms with Gasteiger partial charge in [-0.25, -0.2) is 9.67 Å². The van der Waals surface area contributed by atoms with Crippen LogP contribution in [-0.2, 0) is 4.74 Å². The van der Waals surface area contributed by atoms with E-state index >= 15 is 0 Å². The van der Waals surface area contributed by atoms with Crippen LogP contribution in [0.3, 0.4) is 0 Å². The smallest absolute Gasteiger partial charge is 0.150 e. The summed E-state index contributed by atoms with van der Waals surface area (Å²) < 4.78 is 14.4. The first-order valence-electron chi connectivity index (χ1n) is 11.9. The molecule has 0 aliphatic carbocycles. The maximum absolute atomic E-state index is 9.46. The molecule has 1 aliphatic heterocycles. The van der Waals surface area contributed by atoms with Crippen LogP contribution in [0, 0.1) is 32.1 Å². The van der Waals surface area contributed by atoms with Gasteiger partial charge in [-0.05, 0) is 82.9 Å². The number of benzene rings is 1. The first-order valence-corrected chi connectivity index (χ1v) is 11.9. The molecule has 1 fully saturated rings. The highest BCUT2D eigenvalue weighted by Gasteiger charge is 2.23. The predicted molar refractivity (Wildman–Crippen MR) is 132 cm³/mol. The lowest BCUT2D eigenvalue weighted by molar-refractivity contribution is -0.0365. The summed E-state index contributed by atoms with van der Waals surface area (Å²) in [6.45, 7) is 8.60. The average Bonchev–Trinajstić information content (AvgIpc) is 3.23. The van der Waals surface area contributed by atoms with E-state index in [1.165, 1.54) is 0 Å². The molecule has 5 rings (SSSR count). The van der Waals surface area contributed by atoms with Gasteiger partial charge in [0.2, 0.25) is 0 Å². The van der Waals surface area contributed by atoms with Crippen LogP contribution >= 0.6 is 0 Å². The molecule has 0 saturated carbocycles. The summed E-state index contributed by atoms with van der Waals surface area (Å²) in [6.07, 6.45) is 4.53. The Morgan fingerprint density at radius 1 is 1.17 bits per heavy atom. The second kappa shape index (κ2) is 9.43. The SMILES string of the molecule is Cc1cc(-c2nn(C3CCCCO3)c3ccc(O[C@H](C)c4c(C)cnnc4C)cc23)cc(C#N)n1. The van der Waals surface area contributed by atoms with Crippen molar-refractivity contribution in [2.45, 2.75) is 59.3 Å². The lowest BCUT2D eigenvalue weighted by Gasteiger charge is -2.23. The molecule has 0 spiro atoms. The number of pyridine rings is 1. The maximum atomic E-state index is 9.46. The van der Waals surface area contributed by atoms with Gasteiger partial charge < -0.3 is 9.47 Å². The van der Waals surface area contributed by atoms with Crippen LogP contribution < -0.4 is 4.74 Å². The molecule has 4 aromatic rings. The van der Waals surface area contributed by atoms with E-state index in [1.54, 1.807) is 12.3 Å². The zero-order valence-electron chi connectivity index (χ0n) is 20.4. The highest BCUT2D eigenvalue weighted by atomic mass is 16.5. The Morgan fingerprint density at radius 3 is 2.77 bits per heavy atom. The quantitative estimate of drug-likeness (QED) is 0.380. The molecule has 3 aromatic heterocycles. The molecule has 0 radical (unpaired) electrons. The van der Waals surface area contributed by atoms with Crippen molar-refractivity contribution in [1.82, 2.24) is 25.0 Å². The van der Waals surface area contributed by atoms with Gasteiger partial charge in [0.05, 0.1) is 17.4 Å². The van der Waals surface area contributed by atoms with E-state index in [9.17, 15) is 5.26 Å². The van der Waals surface area contributed by atoms with Gasteiger partial charge in [-0.3, -0.25) is 0 Å². The van der Waals surface area contributed by atoms with Crippen LogP contribution in [0.15, 0.2) is 36.5 Å². The number of nitrogens with zero attached hydrogens (tertiary/aromatic N) is 6. The van der Waals surface area contributed by atoms with Gasteiger partial charge in [0.15, 0.2) is 6.23 Å². The average molecular weight is 469 g/mol. The zero-order chi connectivity index (χ0) is 24.5. The summed E-state index contributed by atoms with van der Waals surface area (Å²) in [6, 6.07) is 11.9. The fraction of sp³-hybridized carbons (Fsp3) is 0.370. The minimum Gasteiger partial charge on any atom is -0.486 e. The van der Waals surface area contributed by atoms with Crippen LogP contribution in [0.25, 0.3) is 22.2 Å². The summed E-state index contributed by atoms with van der Waals surface area (Å²) >= 11 is 0. The van der Waals surface area contributed by atoms with Crippen molar-refractivity contribution < 1.29 is 9.47 Å².